The fourth-order valence-electron chi connectivity index (χ4n) is 3.05. The fraction of sp³-hybridized carbons (Fsp3) is 0.364. The third-order valence-electron chi connectivity index (χ3n) is 4.79. The first kappa shape index (κ1) is 24.8. The summed E-state index contributed by atoms with van der Waals surface area (Å²) in [5.41, 5.74) is 0.865. The van der Waals surface area contributed by atoms with Crippen molar-refractivity contribution in [3.8, 4) is 11.5 Å². The highest BCUT2D eigenvalue weighted by molar-refractivity contribution is 7.89. The first-order valence-corrected chi connectivity index (χ1v) is 12.2. The van der Waals surface area contributed by atoms with Gasteiger partial charge < -0.3 is 19.5 Å². The van der Waals surface area contributed by atoms with Crippen LogP contribution in [0.25, 0.3) is 0 Å². The molecule has 9 nitrogen and oxygen atoms in total. The van der Waals surface area contributed by atoms with Crippen LogP contribution in [0.15, 0.2) is 47.4 Å². The molecule has 0 aromatic heterocycles. The summed E-state index contributed by atoms with van der Waals surface area (Å²) in [5, 5.41) is 3.32. The molecule has 1 atom stereocenters. The van der Waals surface area contributed by atoms with E-state index in [0.717, 1.165) is 5.56 Å². The summed E-state index contributed by atoms with van der Waals surface area (Å²) >= 11 is 5.85. The van der Waals surface area contributed by atoms with Crippen molar-refractivity contribution < 1.29 is 32.2 Å². The molecule has 11 heteroatoms. The second-order valence-corrected chi connectivity index (χ2v) is 9.51. The molecule has 1 unspecified atom stereocenters. The molecule has 0 radical (unpaired) electrons. The second kappa shape index (κ2) is 11.4. The molecule has 0 spiro atoms. The van der Waals surface area contributed by atoms with Crippen molar-refractivity contribution in [2.45, 2.75) is 30.7 Å². The number of hydrogen-bond donors (Lipinski definition) is 2. The van der Waals surface area contributed by atoms with E-state index >= 15 is 0 Å². The minimum atomic E-state index is -3.77. The van der Waals surface area contributed by atoms with Crippen LogP contribution in [0.2, 0.25) is 5.02 Å². The Balaban J connectivity index is 1.36. The van der Waals surface area contributed by atoms with Crippen molar-refractivity contribution in [3.63, 3.8) is 0 Å². The van der Waals surface area contributed by atoms with Crippen LogP contribution in [-0.2, 0) is 24.3 Å². The SMILES string of the molecule is CC(NC(=O)COC(=O)CCCNS(=O)(=O)c1ccc2c(c1)OCCO2)c1ccc(Cl)cc1. The maximum Gasteiger partial charge on any atom is 0.306 e. The molecule has 1 aliphatic rings. The highest BCUT2D eigenvalue weighted by Crippen LogP contribution is 2.32. The van der Waals surface area contributed by atoms with Crippen LogP contribution < -0.4 is 19.5 Å². The normalized spacial score (nSPS) is 13.8. The Bertz CT molecular complexity index is 1090. The van der Waals surface area contributed by atoms with Crippen molar-refractivity contribution in [1.82, 2.24) is 10.0 Å². The molecule has 2 aromatic rings. The largest absolute Gasteiger partial charge is 0.486 e. The van der Waals surface area contributed by atoms with E-state index in [4.69, 9.17) is 25.8 Å². The lowest BCUT2D eigenvalue weighted by Crippen LogP contribution is -2.31. The summed E-state index contributed by atoms with van der Waals surface area (Å²) in [6, 6.07) is 11.1. The number of esters is 1. The number of fused-ring (bicyclic) bond motifs is 1. The Morgan fingerprint density at radius 2 is 1.79 bits per heavy atom. The van der Waals surface area contributed by atoms with E-state index in [2.05, 4.69) is 10.0 Å². The minimum absolute atomic E-state index is 0.0334. The monoisotopic (exact) mass is 496 g/mol. The van der Waals surface area contributed by atoms with Gasteiger partial charge in [-0.15, -0.1) is 0 Å². The molecule has 0 fully saturated rings. The Hall–Kier alpha value is -2.82. The predicted octanol–water partition coefficient (Wildman–Crippen LogP) is 2.59. The molecule has 0 saturated heterocycles. The van der Waals surface area contributed by atoms with Gasteiger partial charge in [-0.05, 0) is 43.2 Å². The van der Waals surface area contributed by atoms with Gasteiger partial charge in [0.2, 0.25) is 10.0 Å². The molecule has 0 saturated carbocycles. The van der Waals surface area contributed by atoms with Gasteiger partial charge in [0, 0.05) is 24.1 Å². The third-order valence-corrected chi connectivity index (χ3v) is 6.50. The zero-order valence-corrected chi connectivity index (χ0v) is 19.6. The number of amides is 1. The lowest BCUT2D eigenvalue weighted by Gasteiger charge is -2.18. The number of hydrogen-bond acceptors (Lipinski definition) is 7. The number of nitrogens with one attached hydrogen (secondary N) is 2. The molecule has 33 heavy (non-hydrogen) atoms. The molecule has 0 bridgehead atoms. The maximum absolute atomic E-state index is 12.4. The Morgan fingerprint density at radius 1 is 1.09 bits per heavy atom. The molecule has 178 valence electrons. The van der Waals surface area contributed by atoms with Crippen molar-refractivity contribution >= 4 is 33.5 Å². The summed E-state index contributed by atoms with van der Waals surface area (Å²) < 4.78 is 43.0. The van der Waals surface area contributed by atoms with E-state index in [0.29, 0.717) is 29.7 Å². The molecular formula is C22H25ClN2O7S. The van der Waals surface area contributed by atoms with Crippen LogP contribution in [0.1, 0.15) is 31.4 Å². The summed E-state index contributed by atoms with van der Waals surface area (Å²) in [7, 11) is -3.77. The van der Waals surface area contributed by atoms with Crippen molar-refractivity contribution in [3.05, 3.63) is 53.1 Å². The average molecular weight is 497 g/mol. The molecular weight excluding hydrogens is 472 g/mol. The Morgan fingerprint density at radius 3 is 2.52 bits per heavy atom. The topological polar surface area (TPSA) is 120 Å². The molecule has 1 aliphatic heterocycles. The maximum atomic E-state index is 12.4. The highest BCUT2D eigenvalue weighted by Gasteiger charge is 2.19. The smallest absolute Gasteiger partial charge is 0.306 e. The first-order valence-electron chi connectivity index (χ1n) is 10.3. The van der Waals surface area contributed by atoms with Crippen LogP contribution >= 0.6 is 11.6 Å². The van der Waals surface area contributed by atoms with E-state index in [1.165, 1.54) is 12.1 Å². The van der Waals surface area contributed by atoms with Crippen LogP contribution in [0.5, 0.6) is 11.5 Å². The minimum Gasteiger partial charge on any atom is -0.486 e. The van der Waals surface area contributed by atoms with Crippen molar-refractivity contribution in [1.29, 1.82) is 0 Å². The number of carbonyl (C=O) groups excluding carboxylic acids is 2. The predicted molar refractivity (Wildman–Crippen MR) is 121 cm³/mol. The summed E-state index contributed by atoms with van der Waals surface area (Å²) in [4.78, 5) is 23.9. The summed E-state index contributed by atoms with van der Waals surface area (Å²) in [6.07, 6.45) is 0.176. The van der Waals surface area contributed by atoms with E-state index < -0.39 is 28.5 Å². The van der Waals surface area contributed by atoms with Gasteiger partial charge in [0.15, 0.2) is 18.1 Å². The van der Waals surface area contributed by atoms with Gasteiger partial charge in [0.1, 0.15) is 13.2 Å². The lowest BCUT2D eigenvalue weighted by atomic mass is 10.1. The van der Waals surface area contributed by atoms with Crippen LogP contribution in [-0.4, -0.2) is 46.7 Å². The number of rotatable bonds is 10. The third kappa shape index (κ3) is 7.34. The van der Waals surface area contributed by atoms with Crippen molar-refractivity contribution in [2.75, 3.05) is 26.4 Å². The van der Waals surface area contributed by atoms with Gasteiger partial charge in [-0.2, -0.15) is 0 Å². The molecule has 0 aliphatic carbocycles. The standard InChI is InChI=1S/C22H25ClN2O7S/c1-15(16-4-6-17(23)7-5-16)25-21(26)14-32-22(27)3-2-10-24-33(28,29)18-8-9-19-20(13-18)31-12-11-30-19/h4-9,13,15,24H,2-3,10-12,14H2,1H3,(H,25,26). The number of benzene rings is 2. The fourth-order valence-corrected chi connectivity index (χ4v) is 4.26. The van der Waals surface area contributed by atoms with E-state index in [1.807, 2.05) is 0 Å². The van der Waals surface area contributed by atoms with Gasteiger partial charge in [-0.25, -0.2) is 13.1 Å². The Labute approximate surface area is 197 Å². The van der Waals surface area contributed by atoms with E-state index in [9.17, 15) is 18.0 Å². The highest BCUT2D eigenvalue weighted by atomic mass is 35.5. The molecule has 3 rings (SSSR count). The lowest BCUT2D eigenvalue weighted by molar-refractivity contribution is -0.148. The number of ether oxygens (including phenoxy) is 3. The first-order chi connectivity index (χ1) is 15.7. The Kier molecular flexibility index (Phi) is 8.54. The van der Waals surface area contributed by atoms with Gasteiger partial charge in [0.25, 0.3) is 5.91 Å². The molecule has 1 heterocycles. The summed E-state index contributed by atoms with van der Waals surface area (Å²) in [6.45, 7) is 2.18. The molecule has 2 N–H and O–H groups in total. The van der Waals surface area contributed by atoms with Crippen LogP contribution in [0.3, 0.4) is 0 Å². The van der Waals surface area contributed by atoms with Crippen LogP contribution in [0.4, 0.5) is 0 Å². The van der Waals surface area contributed by atoms with Gasteiger partial charge in [0.05, 0.1) is 10.9 Å². The zero-order valence-electron chi connectivity index (χ0n) is 18.0. The van der Waals surface area contributed by atoms with Gasteiger partial charge in [-0.3, -0.25) is 9.59 Å². The second-order valence-electron chi connectivity index (χ2n) is 7.31. The van der Waals surface area contributed by atoms with Crippen LogP contribution in [0, 0.1) is 0 Å². The number of carbonyl (C=O) groups is 2. The van der Waals surface area contributed by atoms with E-state index in [-0.39, 0.29) is 30.3 Å². The number of sulfonamides is 1. The summed E-state index contributed by atoms with van der Waals surface area (Å²) in [5.74, 6) is -0.168. The van der Waals surface area contributed by atoms with E-state index in [1.54, 1.807) is 37.3 Å². The van der Waals surface area contributed by atoms with Gasteiger partial charge in [-0.1, -0.05) is 23.7 Å². The quantitative estimate of drug-likeness (QED) is 0.383. The van der Waals surface area contributed by atoms with Gasteiger partial charge >= 0.3 is 5.97 Å². The van der Waals surface area contributed by atoms with Crippen molar-refractivity contribution in [2.24, 2.45) is 0 Å². The molecule has 2 aromatic carbocycles. The zero-order chi connectivity index (χ0) is 23.8. The average Bonchev–Trinajstić information content (AvgIpc) is 2.80. The molecule has 1 amide bonds. The number of halogens is 1.